The molecule has 4 N–H and O–H groups in total. The maximum Gasteiger partial charge on any atom is 0.337 e. The Bertz CT molecular complexity index is 644. The standard InChI is InChI=1S/C13H12BrN3O2/c1-7-6-8(14)2-3-10(7)17-12-11(15)9(13(18)19)4-5-16-12/h2-6H,15H2,1H3,(H,16,17)(H,18,19). The molecule has 98 valence electrons. The number of rotatable bonds is 3. The van der Waals surface area contributed by atoms with Gasteiger partial charge in [-0.2, -0.15) is 0 Å². The van der Waals surface area contributed by atoms with Gasteiger partial charge in [0.1, 0.15) is 0 Å². The number of aryl methyl sites for hydroxylation is 1. The van der Waals surface area contributed by atoms with Crippen LogP contribution in [0, 0.1) is 6.92 Å². The van der Waals surface area contributed by atoms with Crippen LogP contribution in [-0.4, -0.2) is 16.1 Å². The fraction of sp³-hybridized carbons (Fsp3) is 0.0769. The predicted octanol–water partition coefficient (Wildman–Crippen LogP) is 3.18. The number of anilines is 3. The Balaban J connectivity index is 2.38. The van der Waals surface area contributed by atoms with Gasteiger partial charge in [0.15, 0.2) is 5.82 Å². The summed E-state index contributed by atoms with van der Waals surface area (Å²) in [6.45, 7) is 1.93. The molecule has 0 amide bonds. The average molecular weight is 322 g/mol. The van der Waals surface area contributed by atoms with Gasteiger partial charge >= 0.3 is 5.97 Å². The van der Waals surface area contributed by atoms with Crippen molar-refractivity contribution in [2.75, 3.05) is 11.1 Å². The number of benzene rings is 1. The second-order valence-electron chi connectivity index (χ2n) is 4.01. The first-order chi connectivity index (χ1) is 8.99. The molecule has 1 heterocycles. The monoisotopic (exact) mass is 321 g/mol. The number of aromatic nitrogens is 1. The number of carboxylic acids is 1. The summed E-state index contributed by atoms with van der Waals surface area (Å²) in [5.74, 6) is -0.735. The molecule has 0 bridgehead atoms. The topological polar surface area (TPSA) is 88.2 Å². The smallest absolute Gasteiger partial charge is 0.337 e. The highest BCUT2D eigenvalue weighted by molar-refractivity contribution is 9.10. The van der Waals surface area contributed by atoms with Crippen LogP contribution < -0.4 is 11.1 Å². The molecule has 5 nitrogen and oxygen atoms in total. The number of halogens is 1. The summed E-state index contributed by atoms with van der Waals surface area (Å²) in [6.07, 6.45) is 1.41. The molecule has 0 spiro atoms. The molecule has 0 radical (unpaired) electrons. The lowest BCUT2D eigenvalue weighted by Gasteiger charge is -2.12. The number of nitrogens with zero attached hydrogens (tertiary/aromatic N) is 1. The Morgan fingerprint density at radius 3 is 2.79 bits per heavy atom. The number of carboxylic acid groups (broad SMARTS) is 1. The largest absolute Gasteiger partial charge is 0.478 e. The minimum absolute atomic E-state index is 0.0345. The SMILES string of the molecule is Cc1cc(Br)ccc1Nc1nccc(C(=O)O)c1N. The summed E-state index contributed by atoms with van der Waals surface area (Å²) in [4.78, 5) is 15.1. The molecular formula is C13H12BrN3O2. The van der Waals surface area contributed by atoms with Gasteiger partial charge in [0, 0.05) is 16.4 Å². The molecule has 0 aliphatic rings. The highest BCUT2D eigenvalue weighted by Crippen LogP contribution is 2.27. The number of pyridine rings is 1. The minimum Gasteiger partial charge on any atom is -0.478 e. The molecule has 6 heteroatoms. The van der Waals surface area contributed by atoms with Gasteiger partial charge in [-0.15, -0.1) is 0 Å². The highest BCUT2D eigenvalue weighted by Gasteiger charge is 2.12. The van der Waals surface area contributed by atoms with Gasteiger partial charge < -0.3 is 16.2 Å². The van der Waals surface area contributed by atoms with E-state index in [9.17, 15) is 4.79 Å². The number of carbonyl (C=O) groups is 1. The van der Waals surface area contributed by atoms with Gasteiger partial charge in [0.25, 0.3) is 0 Å². The van der Waals surface area contributed by atoms with Crippen LogP contribution in [0.3, 0.4) is 0 Å². The minimum atomic E-state index is -1.07. The van der Waals surface area contributed by atoms with E-state index >= 15 is 0 Å². The van der Waals surface area contributed by atoms with Gasteiger partial charge in [-0.3, -0.25) is 0 Å². The zero-order valence-electron chi connectivity index (χ0n) is 10.1. The Hall–Kier alpha value is -2.08. The first-order valence-corrected chi connectivity index (χ1v) is 6.29. The van der Waals surface area contributed by atoms with Crippen LogP contribution in [-0.2, 0) is 0 Å². The number of aromatic carboxylic acids is 1. The zero-order valence-corrected chi connectivity index (χ0v) is 11.7. The van der Waals surface area contributed by atoms with Crippen molar-refractivity contribution in [3.63, 3.8) is 0 Å². The molecule has 0 aliphatic heterocycles. The van der Waals surface area contributed by atoms with Crippen molar-refractivity contribution in [3.05, 3.63) is 46.1 Å². The third-order valence-corrected chi connectivity index (χ3v) is 3.16. The first-order valence-electron chi connectivity index (χ1n) is 5.50. The summed E-state index contributed by atoms with van der Waals surface area (Å²) in [5.41, 5.74) is 7.77. The Morgan fingerprint density at radius 2 is 2.16 bits per heavy atom. The molecule has 0 atom stereocenters. The van der Waals surface area contributed by atoms with E-state index in [-0.39, 0.29) is 11.3 Å². The molecule has 2 aromatic rings. The van der Waals surface area contributed by atoms with Crippen LogP contribution >= 0.6 is 15.9 Å². The van der Waals surface area contributed by atoms with Crippen LogP contribution in [0.1, 0.15) is 15.9 Å². The average Bonchev–Trinajstić information content (AvgIpc) is 2.34. The van der Waals surface area contributed by atoms with E-state index in [2.05, 4.69) is 26.2 Å². The van der Waals surface area contributed by atoms with Gasteiger partial charge in [-0.25, -0.2) is 9.78 Å². The van der Waals surface area contributed by atoms with Gasteiger partial charge in [-0.1, -0.05) is 15.9 Å². The van der Waals surface area contributed by atoms with Crippen molar-refractivity contribution in [2.24, 2.45) is 0 Å². The molecule has 19 heavy (non-hydrogen) atoms. The molecule has 0 unspecified atom stereocenters. The van der Waals surface area contributed by atoms with Crippen molar-refractivity contribution >= 4 is 39.1 Å². The van der Waals surface area contributed by atoms with Gasteiger partial charge in [0.05, 0.1) is 11.3 Å². The Morgan fingerprint density at radius 1 is 1.42 bits per heavy atom. The van der Waals surface area contributed by atoms with Crippen molar-refractivity contribution in [1.82, 2.24) is 4.98 Å². The number of nitrogens with two attached hydrogens (primary N) is 1. The maximum absolute atomic E-state index is 11.0. The van der Waals surface area contributed by atoms with Crippen molar-refractivity contribution in [3.8, 4) is 0 Å². The van der Waals surface area contributed by atoms with Crippen LogP contribution in [0.2, 0.25) is 0 Å². The molecule has 0 aliphatic carbocycles. The lowest BCUT2D eigenvalue weighted by atomic mass is 10.2. The number of nitrogen functional groups attached to an aromatic ring is 1. The number of nitrogens with one attached hydrogen (secondary N) is 1. The zero-order chi connectivity index (χ0) is 14.0. The summed E-state index contributed by atoms with van der Waals surface area (Å²) < 4.78 is 0.968. The van der Waals surface area contributed by atoms with E-state index in [0.29, 0.717) is 5.82 Å². The van der Waals surface area contributed by atoms with E-state index < -0.39 is 5.97 Å². The van der Waals surface area contributed by atoms with Crippen LogP contribution in [0.4, 0.5) is 17.2 Å². The van der Waals surface area contributed by atoms with Crippen LogP contribution in [0.5, 0.6) is 0 Å². The second-order valence-corrected chi connectivity index (χ2v) is 4.93. The lowest BCUT2D eigenvalue weighted by Crippen LogP contribution is -2.07. The molecular weight excluding hydrogens is 310 g/mol. The van der Waals surface area contributed by atoms with Crippen molar-refractivity contribution in [1.29, 1.82) is 0 Å². The van der Waals surface area contributed by atoms with Gasteiger partial charge in [-0.05, 0) is 36.8 Å². The summed E-state index contributed by atoms with van der Waals surface area (Å²) >= 11 is 3.38. The van der Waals surface area contributed by atoms with E-state index in [4.69, 9.17) is 10.8 Å². The lowest BCUT2D eigenvalue weighted by molar-refractivity contribution is 0.0698. The van der Waals surface area contributed by atoms with E-state index in [0.717, 1.165) is 15.7 Å². The fourth-order valence-corrected chi connectivity index (χ4v) is 2.13. The van der Waals surface area contributed by atoms with Gasteiger partial charge in [0.2, 0.25) is 0 Å². The van der Waals surface area contributed by atoms with E-state index in [1.165, 1.54) is 12.3 Å². The Kier molecular flexibility index (Phi) is 3.71. The van der Waals surface area contributed by atoms with Crippen molar-refractivity contribution < 1.29 is 9.90 Å². The normalized spacial score (nSPS) is 10.2. The molecule has 1 aromatic heterocycles. The maximum atomic E-state index is 11.0. The summed E-state index contributed by atoms with van der Waals surface area (Å²) in [5, 5.41) is 12.0. The molecule has 2 rings (SSSR count). The number of hydrogen-bond donors (Lipinski definition) is 3. The molecule has 0 fully saturated rings. The highest BCUT2D eigenvalue weighted by atomic mass is 79.9. The van der Waals surface area contributed by atoms with E-state index in [1.807, 2.05) is 25.1 Å². The second kappa shape index (κ2) is 5.27. The summed E-state index contributed by atoms with van der Waals surface area (Å²) in [6, 6.07) is 7.07. The summed E-state index contributed by atoms with van der Waals surface area (Å²) in [7, 11) is 0. The molecule has 0 saturated heterocycles. The number of hydrogen-bond acceptors (Lipinski definition) is 4. The first kappa shape index (κ1) is 13.4. The fourth-order valence-electron chi connectivity index (χ4n) is 1.65. The third kappa shape index (κ3) is 2.85. The Labute approximate surface area is 118 Å². The quantitative estimate of drug-likeness (QED) is 0.808. The van der Waals surface area contributed by atoms with Crippen molar-refractivity contribution in [2.45, 2.75) is 6.92 Å². The molecule has 0 saturated carbocycles. The van der Waals surface area contributed by atoms with E-state index in [1.54, 1.807) is 0 Å². The van der Waals surface area contributed by atoms with Crippen LogP contribution in [0.25, 0.3) is 0 Å². The van der Waals surface area contributed by atoms with Crippen LogP contribution in [0.15, 0.2) is 34.9 Å². The molecule has 1 aromatic carbocycles. The third-order valence-electron chi connectivity index (χ3n) is 2.66. The predicted molar refractivity (Wildman–Crippen MR) is 77.8 cm³/mol.